The van der Waals surface area contributed by atoms with Gasteiger partial charge in [0.15, 0.2) is 0 Å². The number of esters is 1. The number of hydrogen-bond acceptors (Lipinski definition) is 10. The molecule has 2 aliphatic heterocycles. The molecule has 1 aromatic rings. The second-order valence-corrected chi connectivity index (χ2v) is 18.3. The summed E-state index contributed by atoms with van der Waals surface area (Å²) in [5.74, 6) is -3.83. The fraction of sp³-hybridized carbons (Fsp3) is 0.592. The molecule has 14 nitrogen and oxygen atoms in total. The molecule has 348 valence electrons. The molecular weight excluding hydrogens is 803 g/mol. The topological polar surface area (TPSA) is 195 Å². The molecule has 2 heterocycles. The first-order chi connectivity index (χ1) is 29.8. The predicted octanol–water partition coefficient (Wildman–Crippen LogP) is 5.50. The van der Waals surface area contributed by atoms with Crippen LogP contribution in [0, 0.1) is 29.6 Å². The van der Waals surface area contributed by atoms with E-state index < -0.39 is 71.8 Å². The molecule has 0 spiro atoms. The molecule has 7 atom stereocenters. The Hall–Kier alpha value is -5.08. The van der Waals surface area contributed by atoms with E-state index in [-0.39, 0.29) is 43.2 Å². The van der Waals surface area contributed by atoms with Crippen LogP contribution in [0.5, 0.6) is 5.75 Å². The highest BCUT2D eigenvalue weighted by Crippen LogP contribution is 2.24. The van der Waals surface area contributed by atoms with Crippen molar-refractivity contribution in [1.82, 2.24) is 26.0 Å². The van der Waals surface area contributed by atoms with Gasteiger partial charge in [0.05, 0.1) is 12.0 Å². The number of nitrogens with zero attached hydrogens (tertiary/aromatic N) is 2. The van der Waals surface area contributed by atoms with Gasteiger partial charge in [-0.3, -0.25) is 29.0 Å². The highest BCUT2D eigenvalue weighted by molar-refractivity contribution is 5.93. The summed E-state index contributed by atoms with van der Waals surface area (Å²) < 4.78 is 6.13. The van der Waals surface area contributed by atoms with E-state index in [1.54, 1.807) is 38.1 Å². The quantitative estimate of drug-likeness (QED) is 0.0960. The van der Waals surface area contributed by atoms with Crippen molar-refractivity contribution in [3.05, 3.63) is 77.9 Å². The van der Waals surface area contributed by atoms with Crippen LogP contribution in [-0.2, 0) is 39.9 Å². The minimum atomic E-state index is -1.18. The number of cyclic esters (lactones) is 1. The summed E-state index contributed by atoms with van der Waals surface area (Å²) in [6, 6.07) is 3.14. The molecule has 5 N–H and O–H groups in total. The lowest BCUT2D eigenvalue weighted by molar-refractivity contribution is -0.156. The number of phenols is 1. The van der Waals surface area contributed by atoms with Crippen LogP contribution < -0.4 is 16.1 Å². The van der Waals surface area contributed by atoms with Crippen LogP contribution in [0.25, 0.3) is 0 Å². The van der Waals surface area contributed by atoms with Gasteiger partial charge in [-0.05, 0) is 86.5 Å². The maximum Gasteiger partial charge on any atom is 0.325 e. The lowest BCUT2D eigenvalue weighted by atomic mass is 9.85. The van der Waals surface area contributed by atoms with E-state index in [4.69, 9.17) is 4.74 Å². The van der Waals surface area contributed by atoms with Crippen LogP contribution in [0.1, 0.15) is 106 Å². The number of allylic oxidation sites excluding steroid dienone is 5. The number of ether oxygens (including phenoxy) is 1. The average Bonchev–Trinajstić information content (AvgIpc) is 3.21. The van der Waals surface area contributed by atoms with Crippen molar-refractivity contribution in [3.8, 4) is 5.75 Å². The molecule has 0 saturated carbocycles. The van der Waals surface area contributed by atoms with Crippen LogP contribution in [-0.4, -0.2) is 105 Å². The average molecular weight is 876 g/mol. The Morgan fingerprint density at radius 1 is 0.952 bits per heavy atom. The Balaban J connectivity index is 2.04. The Bertz CT molecular complexity index is 1830. The van der Waals surface area contributed by atoms with E-state index in [0.717, 1.165) is 0 Å². The zero-order chi connectivity index (χ0) is 46.8. The monoisotopic (exact) mass is 876 g/mol. The second-order valence-electron chi connectivity index (χ2n) is 18.3. The molecule has 63 heavy (non-hydrogen) atoms. The van der Waals surface area contributed by atoms with Gasteiger partial charge in [-0.25, -0.2) is 5.43 Å². The summed E-state index contributed by atoms with van der Waals surface area (Å²) >= 11 is 0. The third-order valence-corrected chi connectivity index (χ3v) is 11.2. The molecule has 0 aromatic heterocycles. The minimum absolute atomic E-state index is 0.0167. The fourth-order valence-corrected chi connectivity index (χ4v) is 7.66. The van der Waals surface area contributed by atoms with E-state index in [9.17, 15) is 39.0 Å². The van der Waals surface area contributed by atoms with Crippen molar-refractivity contribution in [2.24, 2.45) is 29.6 Å². The number of carbonyl (C=O) groups is 6. The molecular formula is C49H73N5O9. The number of ketones is 1. The van der Waals surface area contributed by atoms with Crippen LogP contribution in [0.3, 0.4) is 0 Å². The van der Waals surface area contributed by atoms with Crippen LogP contribution in [0.15, 0.2) is 72.4 Å². The van der Waals surface area contributed by atoms with Crippen molar-refractivity contribution in [1.29, 1.82) is 0 Å². The van der Waals surface area contributed by atoms with Crippen LogP contribution in [0.4, 0.5) is 0 Å². The zero-order valence-corrected chi connectivity index (χ0v) is 38.8. The van der Waals surface area contributed by atoms with Gasteiger partial charge >= 0.3 is 5.97 Å². The fourth-order valence-electron chi connectivity index (χ4n) is 7.66. The second kappa shape index (κ2) is 25.9. The number of amides is 4. The number of benzene rings is 1. The van der Waals surface area contributed by atoms with Gasteiger partial charge in [0, 0.05) is 45.0 Å². The van der Waals surface area contributed by atoms with Crippen molar-refractivity contribution in [2.75, 3.05) is 19.6 Å². The number of rotatable bonds is 13. The first-order valence-corrected chi connectivity index (χ1v) is 22.6. The SMILES string of the molecule is CC(=O)CC[C@H]1C(=O)N[C@@H](C(C)C)C(=O)N[C@@H](Cc2cccc(O)c2)C(=O)N2CCCC(N2)C(=O)O[C@H](C(C)=CC=CC(=O)N(CC(C)C)CC(C)C)CC=CC=CC[C@H](C)[C@H]1O. The lowest BCUT2D eigenvalue weighted by Crippen LogP contribution is -2.62. The van der Waals surface area contributed by atoms with Gasteiger partial charge in [0.25, 0.3) is 5.91 Å². The van der Waals surface area contributed by atoms with E-state index in [0.29, 0.717) is 61.7 Å². The van der Waals surface area contributed by atoms with Gasteiger partial charge in [0.1, 0.15) is 35.8 Å². The van der Waals surface area contributed by atoms with Gasteiger partial charge in [-0.2, -0.15) is 0 Å². The summed E-state index contributed by atoms with van der Waals surface area (Å²) in [5.41, 5.74) is 4.30. The largest absolute Gasteiger partial charge is 0.508 e. The molecule has 3 rings (SSSR count). The maximum absolute atomic E-state index is 14.4. The highest BCUT2D eigenvalue weighted by Gasteiger charge is 2.38. The number of nitrogens with one attached hydrogen (secondary N) is 3. The zero-order valence-electron chi connectivity index (χ0n) is 38.8. The lowest BCUT2D eigenvalue weighted by Gasteiger charge is -2.36. The van der Waals surface area contributed by atoms with Gasteiger partial charge in [0.2, 0.25) is 17.7 Å². The highest BCUT2D eigenvalue weighted by atomic mass is 16.5. The molecule has 4 amide bonds. The van der Waals surface area contributed by atoms with Gasteiger partial charge < -0.3 is 35.3 Å². The first kappa shape index (κ1) is 52.3. The van der Waals surface area contributed by atoms with E-state index in [2.05, 4.69) is 43.8 Å². The standard InChI is InChI=1S/C49H73N5O9/c1-31(2)29-53(30-32(3)4)43(57)23-14-18-34(7)42-22-13-11-10-12-17-35(8)45(58)39(25-24-36(9)55)46(59)51-44(33(5)6)47(60)50-41(28-37-19-15-20-38(56)27-37)48(61)54-26-16-21-40(52-54)49(62)63-42/h10-15,18-20,23,27,31-33,35,39-42,44-45,52,56,58H,16-17,21-22,24-26,28-30H2,1-9H3,(H,50,60)(H,51,59)/t35-,39+,40?,41-,42-,44-,45+/m0/s1. The molecule has 1 unspecified atom stereocenters. The van der Waals surface area contributed by atoms with Crippen LogP contribution >= 0.6 is 0 Å². The maximum atomic E-state index is 14.4. The Labute approximate surface area is 374 Å². The number of hydrogen-bond donors (Lipinski definition) is 5. The number of aromatic hydroxyl groups is 1. The minimum Gasteiger partial charge on any atom is -0.508 e. The normalized spacial score (nSPS) is 25.1. The summed E-state index contributed by atoms with van der Waals surface area (Å²) in [4.78, 5) is 83.5. The number of phenolic OH excluding ortho intramolecular Hbond substituents is 1. The number of hydrazine groups is 1. The smallest absolute Gasteiger partial charge is 0.325 e. The third-order valence-electron chi connectivity index (χ3n) is 11.2. The van der Waals surface area contributed by atoms with E-state index >= 15 is 0 Å². The number of fused-ring (bicyclic) bond motifs is 2. The number of Topliss-reactive ketones (excluding diaryl/α,β-unsaturated/α-hetero) is 1. The van der Waals surface area contributed by atoms with Gasteiger partial charge in [-0.1, -0.05) is 97.1 Å². The molecule has 14 heteroatoms. The Morgan fingerprint density at radius 3 is 2.24 bits per heavy atom. The molecule has 2 aliphatic rings. The summed E-state index contributed by atoms with van der Waals surface area (Å²) in [5, 5.41) is 28.7. The molecule has 2 bridgehead atoms. The summed E-state index contributed by atoms with van der Waals surface area (Å²) in [6.45, 7) is 18.3. The molecule has 0 radical (unpaired) electrons. The Kier molecular flexibility index (Phi) is 21.5. The molecule has 1 fully saturated rings. The molecule has 1 aromatic carbocycles. The van der Waals surface area contributed by atoms with Crippen molar-refractivity contribution in [3.63, 3.8) is 0 Å². The summed E-state index contributed by atoms with van der Waals surface area (Å²) in [6.07, 6.45) is 12.1. The first-order valence-electron chi connectivity index (χ1n) is 22.6. The molecule has 0 aliphatic carbocycles. The predicted molar refractivity (Wildman–Crippen MR) is 244 cm³/mol. The van der Waals surface area contributed by atoms with Crippen molar-refractivity contribution < 1.29 is 43.7 Å². The number of carbonyl (C=O) groups excluding carboxylic acids is 6. The third kappa shape index (κ3) is 17.5. The molecule has 1 saturated heterocycles. The number of aliphatic hydroxyl groups is 1. The van der Waals surface area contributed by atoms with Crippen molar-refractivity contribution in [2.45, 2.75) is 138 Å². The number of aliphatic hydroxyl groups excluding tert-OH is 1. The Morgan fingerprint density at radius 2 is 1.62 bits per heavy atom. The van der Waals surface area contributed by atoms with Crippen molar-refractivity contribution >= 4 is 35.4 Å². The summed E-state index contributed by atoms with van der Waals surface area (Å²) in [7, 11) is 0. The van der Waals surface area contributed by atoms with Gasteiger partial charge in [-0.15, -0.1) is 0 Å². The van der Waals surface area contributed by atoms with E-state index in [1.165, 1.54) is 30.1 Å². The van der Waals surface area contributed by atoms with E-state index in [1.807, 2.05) is 43.1 Å². The van der Waals surface area contributed by atoms with Crippen LogP contribution in [0.2, 0.25) is 0 Å².